The Labute approximate surface area is 181 Å². The first-order chi connectivity index (χ1) is 15.0. The van der Waals surface area contributed by atoms with Gasteiger partial charge in [0.25, 0.3) is 0 Å². The zero-order valence-electron chi connectivity index (χ0n) is 17.5. The zero-order valence-corrected chi connectivity index (χ0v) is 18.3. The summed E-state index contributed by atoms with van der Waals surface area (Å²) in [5.41, 5.74) is 1.63. The number of nitrogens with zero attached hydrogens (tertiary/aromatic N) is 5. The van der Waals surface area contributed by atoms with Crippen LogP contribution in [0, 0.1) is 6.92 Å². The molecule has 0 saturated carbocycles. The van der Waals surface area contributed by atoms with Crippen molar-refractivity contribution in [3.05, 3.63) is 47.8 Å². The van der Waals surface area contributed by atoms with Crippen molar-refractivity contribution in [3.8, 4) is 0 Å². The first-order valence-corrected chi connectivity index (χ1v) is 11.8. The summed E-state index contributed by atoms with van der Waals surface area (Å²) in [6, 6.07) is 10.5. The van der Waals surface area contributed by atoms with Gasteiger partial charge in [0.05, 0.1) is 18.1 Å². The Morgan fingerprint density at radius 2 is 1.81 bits per heavy atom. The highest BCUT2D eigenvalue weighted by Gasteiger charge is 2.15. The second-order valence-corrected chi connectivity index (χ2v) is 9.21. The van der Waals surface area contributed by atoms with Gasteiger partial charge in [0.1, 0.15) is 5.82 Å². The van der Waals surface area contributed by atoms with E-state index in [1.807, 2.05) is 19.1 Å². The number of aryl methyl sites for hydroxylation is 1. The van der Waals surface area contributed by atoms with Gasteiger partial charge >= 0.3 is 0 Å². The van der Waals surface area contributed by atoms with E-state index in [0.29, 0.717) is 17.9 Å². The fraction of sp³-hybridized carbons (Fsp3) is 0.450. The van der Waals surface area contributed by atoms with Crippen LogP contribution in [-0.2, 0) is 21.2 Å². The van der Waals surface area contributed by atoms with E-state index in [1.54, 1.807) is 28.8 Å². The number of aromatic nitrogens is 4. The number of fused-ring (bicyclic) bond motifs is 1. The Morgan fingerprint density at radius 3 is 2.58 bits per heavy atom. The molecule has 3 aromatic rings. The number of morpholine rings is 1. The summed E-state index contributed by atoms with van der Waals surface area (Å²) in [6.45, 7) is 7.26. The molecule has 1 aliphatic rings. The molecular weight excluding hydrogens is 418 g/mol. The van der Waals surface area contributed by atoms with Crippen molar-refractivity contribution in [1.82, 2.24) is 29.4 Å². The van der Waals surface area contributed by atoms with Gasteiger partial charge in [-0.15, -0.1) is 15.3 Å². The van der Waals surface area contributed by atoms with Crippen LogP contribution >= 0.6 is 0 Å². The van der Waals surface area contributed by atoms with Crippen molar-refractivity contribution in [2.75, 3.05) is 51.3 Å². The largest absolute Gasteiger partial charge is 0.379 e. The second-order valence-electron chi connectivity index (χ2n) is 7.45. The Kier molecular flexibility index (Phi) is 6.76. The third-order valence-corrected chi connectivity index (χ3v) is 6.61. The maximum absolute atomic E-state index is 12.4. The summed E-state index contributed by atoms with van der Waals surface area (Å²) >= 11 is 0. The standard InChI is InChI=1S/C20H27N7O3S/c1-16-2-4-17(5-3-16)31(28,29)22-9-8-20-24-23-19-7-6-18(25-27(19)20)21-10-11-26-12-14-30-15-13-26/h2-7,22H,8-15H2,1H3,(H,21,25). The summed E-state index contributed by atoms with van der Waals surface area (Å²) < 4.78 is 34.5. The predicted molar refractivity (Wildman–Crippen MR) is 117 cm³/mol. The van der Waals surface area contributed by atoms with Crippen molar-refractivity contribution in [2.45, 2.75) is 18.2 Å². The molecule has 31 heavy (non-hydrogen) atoms. The van der Waals surface area contributed by atoms with E-state index in [0.717, 1.165) is 50.8 Å². The number of hydrogen-bond acceptors (Lipinski definition) is 8. The molecule has 1 aliphatic heterocycles. The van der Waals surface area contributed by atoms with E-state index in [-0.39, 0.29) is 11.4 Å². The van der Waals surface area contributed by atoms with Gasteiger partial charge in [-0.05, 0) is 31.2 Å². The molecule has 10 nitrogen and oxygen atoms in total. The fourth-order valence-corrected chi connectivity index (χ4v) is 4.38. The van der Waals surface area contributed by atoms with Crippen LogP contribution in [0.1, 0.15) is 11.4 Å². The number of benzene rings is 1. The molecule has 0 unspecified atom stereocenters. The lowest BCUT2D eigenvalue weighted by Crippen LogP contribution is -2.39. The summed E-state index contributed by atoms with van der Waals surface area (Å²) in [4.78, 5) is 2.59. The summed E-state index contributed by atoms with van der Waals surface area (Å²) in [6.07, 6.45) is 0.372. The molecule has 1 aromatic carbocycles. The van der Waals surface area contributed by atoms with E-state index in [9.17, 15) is 8.42 Å². The Hall–Kier alpha value is -2.60. The molecule has 0 atom stereocenters. The molecule has 11 heteroatoms. The van der Waals surface area contributed by atoms with Crippen molar-refractivity contribution < 1.29 is 13.2 Å². The molecule has 4 rings (SSSR count). The Bertz CT molecular complexity index is 1110. The highest BCUT2D eigenvalue weighted by molar-refractivity contribution is 7.89. The molecule has 3 heterocycles. The minimum Gasteiger partial charge on any atom is -0.379 e. The molecule has 0 aliphatic carbocycles. The number of rotatable bonds is 9. The first-order valence-electron chi connectivity index (χ1n) is 10.3. The first kappa shape index (κ1) is 21.6. The van der Waals surface area contributed by atoms with Gasteiger partial charge < -0.3 is 10.1 Å². The summed E-state index contributed by atoms with van der Waals surface area (Å²) in [5, 5.41) is 16.2. The van der Waals surface area contributed by atoms with Crippen LogP contribution in [0.5, 0.6) is 0 Å². The quantitative estimate of drug-likeness (QED) is 0.495. The van der Waals surface area contributed by atoms with Gasteiger partial charge in [-0.1, -0.05) is 17.7 Å². The topological polar surface area (TPSA) is 114 Å². The maximum atomic E-state index is 12.4. The van der Waals surface area contributed by atoms with Crippen LogP contribution in [0.25, 0.3) is 5.65 Å². The van der Waals surface area contributed by atoms with Gasteiger partial charge in [0.15, 0.2) is 11.5 Å². The van der Waals surface area contributed by atoms with E-state index in [4.69, 9.17) is 4.74 Å². The van der Waals surface area contributed by atoms with Crippen LogP contribution < -0.4 is 10.0 Å². The second kappa shape index (κ2) is 9.69. The van der Waals surface area contributed by atoms with Gasteiger partial charge in [-0.3, -0.25) is 4.90 Å². The van der Waals surface area contributed by atoms with Gasteiger partial charge in [0, 0.05) is 39.1 Å². The van der Waals surface area contributed by atoms with Crippen molar-refractivity contribution >= 4 is 21.5 Å². The fourth-order valence-electron chi connectivity index (χ4n) is 3.35. The monoisotopic (exact) mass is 445 g/mol. The summed E-state index contributed by atoms with van der Waals surface area (Å²) in [7, 11) is -3.57. The van der Waals surface area contributed by atoms with Gasteiger partial charge in [0.2, 0.25) is 10.0 Å². The van der Waals surface area contributed by atoms with Crippen LogP contribution in [0.15, 0.2) is 41.3 Å². The van der Waals surface area contributed by atoms with Gasteiger partial charge in [-0.25, -0.2) is 13.1 Å². The summed E-state index contributed by atoms with van der Waals surface area (Å²) in [5.74, 6) is 1.32. The van der Waals surface area contributed by atoms with Crippen LogP contribution in [0.4, 0.5) is 5.82 Å². The average molecular weight is 446 g/mol. The molecule has 0 bridgehead atoms. The molecule has 0 radical (unpaired) electrons. The van der Waals surface area contributed by atoms with Crippen molar-refractivity contribution in [1.29, 1.82) is 0 Å². The van der Waals surface area contributed by atoms with E-state index >= 15 is 0 Å². The number of hydrogen-bond donors (Lipinski definition) is 2. The van der Waals surface area contributed by atoms with E-state index < -0.39 is 10.0 Å². The molecular formula is C20H27N7O3S. The normalized spacial score (nSPS) is 15.4. The van der Waals surface area contributed by atoms with E-state index in [2.05, 4.69) is 30.2 Å². The molecule has 2 N–H and O–H groups in total. The van der Waals surface area contributed by atoms with Crippen LogP contribution in [0.2, 0.25) is 0 Å². The minimum absolute atomic E-state index is 0.202. The molecule has 1 saturated heterocycles. The average Bonchev–Trinajstić information content (AvgIpc) is 3.17. The minimum atomic E-state index is -3.57. The molecule has 2 aromatic heterocycles. The lowest BCUT2D eigenvalue weighted by molar-refractivity contribution is 0.0398. The predicted octanol–water partition coefficient (Wildman–Crippen LogP) is 0.698. The SMILES string of the molecule is Cc1ccc(S(=O)(=O)NCCc2nnc3ccc(NCCN4CCOCC4)nn23)cc1. The molecule has 166 valence electrons. The molecule has 0 amide bonds. The highest BCUT2D eigenvalue weighted by atomic mass is 32.2. The lowest BCUT2D eigenvalue weighted by atomic mass is 10.2. The zero-order chi connectivity index (χ0) is 21.7. The maximum Gasteiger partial charge on any atom is 0.240 e. The van der Waals surface area contributed by atoms with Gasteiger partial charge in [-0.2, -0.15) is 4.52 Å². The van der Waals surface area contributed by atoms with E-state index in [1.165, 1.54) is 0 Å². The van der Waals surface area contributed by atoms with Crippen LogP contribution in [0.3, 0.4) is 0 Å². The van der Waals surface area contributed by atoms with Crippen LogP contribution in [-0.4, -0.2) is 79.1 Å². The third-order valence-electron chi connectivity index (χ3n) is 5.14. The smallest absolute Gasteiger partial charge is 0.240 e. The number of anilines is 1. The third kappa shape index (κ3) is 5.56. The Balaban J connectivity index is 1.34. The lowest BCUT2D eigenvalue weighted by Gasteiger charge is -2.26. The number of ether oxygens (including phenoxy) is 1. The Morgan fingerprint density at radius 1 is 1.03 bits per heavy atom. The molecule has 1 fully saturated rings. The number of nitrogens with one attached hydrogen (secondary N) is 2. The van der Waals surface area contributed by atoms with Crippen molar-refractivity contribution in [2.24, 2.45) is 0 Å². The number of sulfonamides is 1. The van der Waals surface area contributed by atoms with Crippen molar-refractivity contribution in [3.63, 3.8) is 0 Å². The highest BCUT2D eigenvalue weighted by Crippen LogP contribution is 2.11. The molecule has 0 spiro atoms.